The summed E-state index contributed by atoms with van der Waals surface area (Å²) in [4.78, 5) is 0. The van der Waals surface area contributed by atoms with E-state index < -0.39 is 11.6 Å². The highest BCUT2D eigenvalue weighted by atomic mass is 19.1. The number of hydrogen-bond donors (Lipinski definition) is 1. The van der Waals surface area contributed by atoms with Crippen molar-refractivity contribution in [3.8, 4) is 5.75 Å². The minimum absolute atomic E-state index is 0.0195. The molecule has 4 heteroatoms. The van der Waals surface area contributed by atoms with Gasteiger partial charge in [-0.15, -0.1) is 0 Å². The molecule has 0 unspecified atom stereocenters. The lowest BCUT2D eigenvalue weighted by Crippen LogP contribution is -2.07. The molecule has 0 aliphatic carbocycles. The third-order valence-electron chi connectivity index (χ3n) is 1.41. The van der Waals surface area contributed by atoms with Crippen LogP contribution in [0, 0.1) is 11.6 Å². The minimum atomic E-state index is -0.770. The van der Waals surface area contributed by atoms with Crippen LogP contribution < -0.4 is 10.5 Å². The molecule has 13 heavy (non-hydrogen) atoms. The van der Waals surface area contributed by atoms with Crippen LogP contribution in [0.2, 0.25) is 0 Å². The van der Waals surface area contributed by atoms with E-state index in [9.17, 15) is 8.78 Å². The van der Waals surface area contributed by atoms with Gasteiger partial charge in [-0.3, -0.25) is 0 Å². The highest BCUT2D eigenvalue weighted by molar-refractivity contribution is 5.46. The fraction of sp³-hybridized carbons (Fsp3) is 0.333. The average molecular weight is 187 g/mol. The Morgan fingerprint density at radius 2 is 1.85 bits per heavy atom. The second kappa shape index (κ2) is 3.60. The number of benzene rings is 1. The van der Waals surface area contributed by atoms with E-state index in [4.69, 9.17) is 10.5 Å². The van der Waals surface area contributed by atoms with Crippen molar-refractivity contribution in [1.29, 1.82) is 0 Å². The van der Waals surface area contributed by atoms with Gasteiger partial charge in [0.05, 0.1) is 11.8 Å². The smallest absolute Gasteiger partial charge is 0.168 e. The van der Waals surface area contributed by atoms with Crippen LogP contribution in [0.1, 0.15) is 13.8 Å². The van der Waals surface area contributed by atoms with E-state index in [1.54, 1.807) is 13.8 Å². The Hall–Kier alpha value is -1.32. The zero-order valence-electron chi connectivity index (χ0n) is 7.47. The monoisotopic (exact) mass is 187 g/mol. The first-order valence-corrected chi connectivity index (χ1v) is 3.92. The fourth-order valence-corrected chi connectivity index (χ4v) is 0.889. The zero-order valence-corrected chi connectivity index (χ0v) is 7.47. The number of nitrogen functional groups attached to an aromatic ring is 1. The molecule has 2 N–H and O–H groups in total. The van der Waals surface area contributed by atoms with E-state index in [0.29, 0.717) is 6.07 Å². The molecule has 0 spiro atoms. The Kier molecular flexibility index (Phi) is 2.70. The second-order valence-electron chi connectivity index (χ2n) is 2.97. The molecule has 2 nitrogen and oxygen atoms in total. The topological polar surface area (TPSA) is 35.2 Å². The third-order valence-corrected chi connectivity index (χ3v) is 1.41. The van der Waals surface area contributed by atoms with Crippen LogP contribution in [0.15, 0.2) is 12.1 Å². The summed E-state index contributed by atoms with van der Waals surface area (Å²) in [6.45, 7) is 3.50. The Labute approximate surface area is 75.3 Å². The average Bonchev–Trinajstić information content (AvgIpc) is 1.99. The summed E-state index contributed by atoms with van der Waals surface area (Å²) in [5.74, 6) is -1.53. The van der Waals surface area contributed by atoms with E-state index in [1.807, 2.05) is 0 Å². The molecular weight excluding hydrogens is 176 g/mol. The molecule has 1 rings (SSSR count). The lowest BCUT2D eigenvalue weighted by Gasteiger charge is -2.11. The van der Waals surface area contributed by atoms with Crippen molar-refractivity contribution in [1.82, 2.24) is 0 Å². The van der Waals surface area contributed by atoms with Gasteiger partial charge in [-0.1, -0.05) is 0 Å². The van der Waals surface area contributed by atoms with Crippen LogP contribution in [0.3, 0.4) is 0 Å². The van der Waals surface area contributed by atoms with Gasteiger partial charge in [0.15, 0.2) is 11.6 Å². The van der Waals surface area contributed by atoms with Crippen molar-refractivity contribution >= 4 is 5.69 Å². The van der Waals surface area contributed by atoms with Gasteiger partial charge in [-0.05, 0) is 13.8 Å². The van der Waals surface area contributed by atoms with Gasteiger partial charge in [0.2, 0.25) is 0 Å². The molecule has 0 aliphatic heterocycles. The molecule has 1 aromatic rings. The zero-order chi connectivity index (χ0) is 10.0. The van der Waals surface area contributed by atoms with Crippen LogP contribution in [0.25, 0.3) is 0 Å². The molecule has 0 bridgehead atoms. The summed E-state index contributed by atoms with van der Waals surface area (Å²) in [5, 5.41) is 0. The SMILES string of the molecule is CC(C)Oc1cc(N)c(F)cc1F. The molecule has 0 amide bonds. The van der Waals surface area contributed by atoms with Gasteiger partial charge >= 0.3 is 0 Å². The molecule has 0 atom stereocenters. The predicted molar refractivity (Wildman–Crippen MR) is 46.5 cm³/mol. The van der Waals surface area contributed by atoms with Gasteiger partial charge in [0.1, 0.15) is 5.82 Å². The van der Waals surface area contributed by atoms with Crippen LogP contribution in [0.4, 0.5) is 14.5 Å². The van der Waals surface area contributed by atoms with Crippen molar-refractivity contribution in [3.05, 3.63) is 23.8 Å². The van der Waals surface area contributed by atoms with E-state index in [-0.39, 0.29) is 17.5 Å². The summed E-state index contributed by atoms with van der Waals surface area (Å²) >= 11 is 0. The molecule has 0 saturated carbocycles. The molecule has 72 valence electrons. The van der Waals surface area contributed by atoms with E-state index in [1.165, 1.54) is 0 Å². The first-order valence-electron chi connectivity index (χ1n) is 3.92. The Bertz CT molecular complexity index is 313. The van der Waals surface area contributed by atoms with Crippen LogP contribution in [0.5, 0.6) is 5.75 Å². The second-order valence-corrected chi connectivity index (χ2v) is 2.97. The molecule has 0 heterocycles. The quantitative estimate of drug-likeness (QED) is 0.721. The molecule has 1 aromatic carbocycles. The molecule has 0 fully saturated rings. The predicted octanol–water partition coefficient (Wildman–Crippen LogP) is 2.33. The minimum Gasteiger partial charge on any atom is -0.488 e. The van der Waals surface area contributed by atoms with E-state index in [2.05, 4.69) is 0 Å². The lowest BCUT2D eigenvalue weighted by molar-refractivity contribution is 0.231. The van der Waals surface area contributed by atoms with Crippen LogP contribution in [-0.4, -0.2) is 6.10 Å². The summed E-state index contributed by atoms with van der Waals surface area (Å²) in [5.41, 5.74) is 5.13. The first kappa shape index (κ1) is 9.77. The molecule has 0 aliphatic rings. The van der Waals surface area contributed by atoms with Crippen molar-refractivity contribution < 1.29 is 13.5 Å². The van der Waals surface area contributed by atoms with Gasteiger partial charge in [-0.2, -0.15) is 0 Å². The van der Waals surface area contributed by atoms with Gasteiger partial charge in [-0.25, -0.2) is 8.78 Å². The van der Waals surface area contributed by atoms with Crippen molar-refractivity contribution in [2.75, 3.05) is 5.73 Å². The summed E-state index contributed by atoms with van der Waals surface area (Å²) in [6.07, 6.45) is -0.167. The largest absolute Gasteiger partial charge is 0.488 e. The van der Waals surface area contributed by atoms with Crippen LogP contribution >= 0.6 is 0 Å². The number of nitrogens with two attached hydrogens (primary N) is 1. The summed E-state index contributed by atoms with van der Waals surface area (Å²) in [6, 6.07) is 1.86. The fourth-order valence-electron chi connectivity index (χ4n) is 0.889. The van der Waals surface area contributed by atoms with Crippen molar-refractivity contribution in [2.45, 2.75) is 20.0 Å². The van der Waals surface area contributed by atoms with Gasteiger partial charge < -0.3 is 10.5 Å². The number of rotatable bonds is 2. The summed E-state index contributed by atoms with van der Waals surface area (Å²) in [7, 11) is 0. The maximum Gasteiger partial charge on any atom is 0.168 e. The lowest BCUT2D eigenvalue weighted by atomic mass is 10.3. The Morgan fingerprint density at radius 1 is 1.23 bits per heavy atom. The number of ether oxygens (including phenoxy) is 1. The molecule has 0 radical (unpaired) electrons. The van der Waals surface area contributed by atoms with Gasteiger partial charge in [0.25, 0.3) is 0 Å². The highest BCUT2D eigenvalue weighted by Crippen LogP contribution is 2.23. The van der Waals surface area contributed by atoms with E-state index >= 15 is 0 Å². The van der Waals surface area contributed by atoms with Crippen molar-refractivity contribution in [2.24, 2.45) is 0 Å². The Morgan fingerprint density at radius 3 is 2.38 bits per heavy atom. The molecule has 0 saturated heterocycles. The van der Waals surface area contributed by atoms with E-state index in [0.717, 1.165) is 6.07 Å². The molecular formula is C9H11F2NO. The van der Waals surface area contributed by atoms with Crippen LogP contribution in [-0.2, 0) is 0 Å². The standard InChI is InChI=1S/C9H11F2NO/c1-5(2)13-9-4-8(12)6(10)3-7(9)11/h3-5H,12H2,1-2H3. The molecule has 0 aromatic heterocycles. The maximum absolute atomic E-state index is 13.0. The summed E-state index contributed by atoms with van der Waals surface area (Å²) < 4.78 is 30.7. The number of anilines is 1. The van der Waals surface area contributed by atoms with Gasteiger partial charge in [0, 0.05) is 12.1 Å². The first-order chi connectivity index (χ1) is 6.00. The third kappa shape index (κ3) is 2.31. The van der Waals surface area contributed by atoms with Crippen molar-refractivity contribution in [3.63, 3.8) is 0 Å². The number of hydrogen-bond acceptors (Lipinski definition) is 2. The maximum atomic E-state index is 13.0. The highest BCUT2D eigenvalue weighted by Gasteiger charge is 2.09. The normalized spacial score (nSPS) is 10.5. The number of halogens is 2. The Balaban J connectivity index is 3.01.